The lowest BCUT2D eigenvalue weighted by Gasteiger charge is -2.07. The molecule has 1 aromatic carbocycles. The molecule has 100 valence electrons. The van der Waals surface area contributed by atoms with Gasteiger partial charge in [0.2, 0.25) is 5.91 Å². The zero-order valence-electron chi connectivity index (χ0n) is 9.82. The first-order valence-corrected chi connectivity index (χ1v) is 7.14. The van der Waals surface area contributed by atoms with E-state index in [9.17, 15) is 9.90 Å². The quantitative estimate of drug-likeness (QED) is 0.825. The minimum Gasteiger partial charge on any atom is -0.506 e. The van der Waals surface area contributed by atoms with Crippen LogP contribution in [-0.2, 0) is 11.2 Å². The van der Waals surface area contributed by atoms with E-state index in [1.807, 2.05) is 12.1 Å². The highest BCUT2D eigenvalue weighted by atomic mass is 35.5. The van der Waals surface area contributed by atoms with Gasteiger partial charge in [0, 0.05) is 16.3 Å². The maximum absolute atomic E-state index is 11.8. The molecule has 3 nitrogen and oxygen atoms in total. The largest absolute Gasteiger partial charge is 0.506 e. The van der Waals surface area contributed by atoms with Crippen molar-refractivity contribution in [3.8, 4) is 5.75 Å². The van der Waals surface area contributed by atoms with Crippen molar-refractivity contribution in [3.63, 3.8) is 0 Å². The standard InChI is InChI=1S/C13H11Cl2NO2S/c14-8-1-4-11(17)10(7-8)16-13(18)6-3-9-2-5-12(15)19-9/h1-2,4-5,7,17H,3,6H2,(H,16,18). The Morgan fingerprint density at radius 2 is 2.05 bits per heavy atom. The Balaban J connectivity index is 1.92. The summed E-state index contributed by atoms with van der Waals surface area (Å²) >= 11 is 13.1. The fourth-order valence-electron chi connectivity index (χ4n) is 1.54. The molecule has 2 N–H and O–H groups in total. The van der Waals surface area contributed by atoms with Gasteiger partial charge < -0.3 is 10.4 Å². The molecule has 0 spiro atoms. The van der Waals surface area contributed by atoms with Crippen LogP contribution in [-0.4, -0.2) is 11.0 Å². The normalized spacial score (nSPS) is 10.4. The predicted molar refractivity (Wildman–Crippen MR) is 79.4 cm³/mol. The summed E-state index contributed by atoms with van der Waals surface area (Å²) in [5.41, 5.74) is 0.321. The van der Waals surface area contributed by atoms with Crippen molar-refractivity contribution in [2.24, 2.45) is 0 Å². The van der Waals surface area contributed by atoms with Crippen LogP contribution < -0.4 is 5.32 Å². The number of aryl methyl sites for hydroxylation is 1. The molecule has 0 radical (unpaired) electrons. The van der Waals surface area contributed by atoms with Gasteiger partial charge in [-0.2, -0.15) is 0 Å². The zero-order chi connectivity index (χ0) is 13.8. The lowest BCUT2D eigenvalue weighted by molar-refractivity contribution is -0.116. The molecule has 0 atom stereocenters. The zero-order valence-corrected chi connectivity index (χ0v) is 12.1. The van der Waals surface area contributed by atoms with Gasteiger partial charge in [0.25, 0.3) is 0 Å². The van der Waals surface area contributed by atoms with Crippen LogP contribution in [0.5, 0.6) is 5.75 Å². The second-order valence-corrected chi connectivity index (χ2v) is 6.15. The van der Waals surface area contributed by atoms with E-state index in [0.717, 1.165) is 4.88 Å². The Morgan fingerprint density at radius 1 is 1.26 bits per heavy atom. The maximum atomic E-state index is 11.8. The third-order valence-electron chi connectivity index (χ3n) is 2.46. The van der Waals surface area contributed by atoms with Gasteiger partial charge in [0.05, 0.1) is 10.0 Å². The molecule has 0 fully saturated rings. The number of phenolic OH excluding ortho intramolecular Hbond substituents is 1. The maximum Gasteiger partial charge on any atom is 0.224 e. The average Bonchev–Trinajstić information content (AvgIpc) is 2.77. The molecule has 0 aliphatic carbocycles. The number of carbonyl (C=O) groups is 1. The fraction of sp³-hybridized carbons (Fsp3) is 0.154. The highest BCUT2D eigenvalue weighted by molar-refractivity contribution is 7.16. The van der Waals surface area contributed by atoms with Gasteiger partial charge in [-0.25, -0.2) is 0 Å². The molecular weight excluding hydrogens is 305 g/mol. The van der Waals surface area contributed by atoms with Crippen molar-refractivity contribution in [2.75, 3.05) is 5.32 Å². The Hall–Kier alpha value is -1.23. The fourth-order valence-corrected chi connectivity index (χ4v) is 2.80. The molecule has 0 unspecified atom stereocenters. The van der Waals surface area contributed by atoms with E-state index in [1.54, 1.807) is 6.07 Å². The van der Waals surface area contributed by atoms with E-state index < -0.39 is 0 Å². The highest BCUT2D eigenvalue weighted by Crippen LogP contribution is 2.27. The van der Waals surface area contributed by atoms with E-state index >= 15 is 0 Å². The Labute approximate surface area is 124 Å². The van der Waals surface area contributed by atoms with Crippen molar-refractivity contribution in [1.82, 2.24) is 0 Å². The Morgan fingerprint density at radius 3 is 2.74 bits per heavy atom. The molecule has 1 aromatic heterocycles. The molecule has 0 bridgehead atoms. The van der Waals surface area contributed by atoms with E-state index in [1.165, 1.54) is 23.5 Å². The monoisotopic (exact) mass is 315 g/mol. The number of benzene rings is 1. The highest BCUT2D eigenvalue weighted by Gasteiger charge is 2.08. The molecule has 19 heavy (non-hydrogen) atoms. The van der Waals surface area contributed by atoms with Gasteiger partial charge in [0.1, 0.15) is 5.75 Å². The summed E-state index contributed by atoms with van der Waals surface area (Å²) in [5, 5.41) is 12.7. The van der Waals surface area contributed by atoms with Crippen molar-refractivity contribution < 1.29 is 9.90 Å². The summed E-state index contributed by atoms with van der Waals surface area (Å²) in [7, 11) is 0. The molecule has 1 heterocycles. The smallest absolute Gasteiger partial charge is 0.224 e. The topological polar surface area (TPSA) is 49.3 Å². The lowest BCUT2D eigenvalue weighted by atomic mass is 10.2. The summed E-state index contributed by atoms with van der Waals surface area (Å²) < 4.78 is 0.711. The number of carbonyl (C=O) groups excluding carboxylic acids is 1. The number of thiophene rings is 1. The van der Waals surface area contributed by atoms with Gasteiger partial charge in [-0.05, 0) is 36.8 Å². The lowest BCUT2D eigenvalue weighted by Crippen LogP contribution is -2.12. The third-order valence-corrected chi connectivity index (χ3v) is 3.99. The first-order valence-electron chi connectivity index (χ1n) is 5.57. The number of phenols is 1. The van der Waals surface area contributed by atoms with Gasteiger partial charge in [0.15, 0.2) is 0 Å². The molecular formula is C13H11Cl2NO2S. The number of amides is 1. The molecule has 2 rings (SSSR count). The van der Waals surface area contributed by atoms with Crippen LogP contribution in [0.15, 0.2) is 30.3 Å². The summed E-state index contributed by atoms with van der Waals surface area (Å²) in [6.07, 6.45) is 0.938. The van der Waals surface area contributed by atoms with Crippen LogP contribution in [0.2, 0.25) is 9.36 Å². The second kappa shape index (κ2) is 6.28. The summed E-state index contributed by atoms with van der Waals surface area (Å²) in [6, 6.07) is 8.22. The average molecular weight is 316 g/mol. The van der Waals surface area contributed by atoms with Gasteiger partial charge in [-0.3, -0.25) is 4.79 Å². The second-order valence-electron chi connectivity index (χ2n) is 3.92. The van der Waals surface area contributed by atoms with Crippen LogP contribution in [0, 0.1) is 0 Å². The van der Waals surface area contributed by atoms with E-state index in [4.69, 9.17) is 23.2 Å². The van der Waals surface area contributed by atoms with Crippen LogP contribution in [0.3, 0.4) is 0 Å². The van der Waals surface area contributed by atoms with Crippen LogP contribution in [0.25, 0.3) is 0 Å². The third kappa shape index (κ3) is 4.13. The summed E-state index contributed by atoms with van der Waals surface area (Å²) in [5.74, 6) is -0.181. The Bertz CT molecular complexity index is 598. The molecule has 1 amide bonds. The number of rotatable bonds is 4. The summed E-state index contributed by atoms with van der Waals surface area (Å²) in [6.45, 7) is 0. The van der Waals surface area contributed by atoms with E-state index in [2.05, 4.69) is 5.32 Å². The molecule has 0 saturated carbocycles. The van der Waals surface area contributed by atoms with Crippen molar-refractivity contribution >= 4 is 46.1 Å². The van der Waals surface area contributed by atoms with Gasteiger partial charge >= 0.3 is 0 Å². The minimum atomic E-state index is -0.179. The van der Waals surface area contributed by atoms with Crippen molar-refractivity contribution in [1.29, 1.82) is 0 Å². The molecule has 0 saturated heterocycles. The minimum absolute atomic E-state index is 0.00285. The number of hydrogen-bond acceptors (Lipinski definition) is 3. The van der Waals surface area contributed by atoms with Gasteiger partial charge in [-0.15, -0.1) is 11.3 Å². The number of hydrogen-bond donors (Lipinski definition) is 2. The number of nitrogens with one attached hydrogen (secondary N) is 1. The van der Waals surface area contributed by atoms with Crippen LogP contribution in [0.1, 0.15) is 11.3 Å². The molecule has 0 aliphatic heterocycles. The SMILES string of the molecule is O=C(CCc1ccc(Cl)s1)Nc1cc(Cl)ccc1O. The molecule has 2 aromatic rings. The van der Waals surface area contributed by atoms with E-state index in [-0.39, 0.29) is 11.7 Å². The molecule has 0 aliphatic rings. The van der Waals surface area contributed by atoms with Crippen molar-refractivity contribution in [2.45, 2.75) is 12.8 Å². The number of aromatic hydroxyl groups is 1. The predicted octanol–water partition coefficient (Wildman–Crippen LogP) is 4.33. The Kier molecular flexibility index (Phi) is 4.69. The van der Waals surface area contributed by atoms with Gasteiger partial charge in [-0.1, -0.05) is 23.2 Å². The summed E-state index contributed by atoms with van der Waals surface area (Å²) in [4.78, 5) is 12.8. The van der Waals surface area contributed by atoms with Crippen molar-refractivity contribution in [3.05, 3.63) is 44.6 Å². The number of anilines is 1. The van der Waals surface area contributed by atoms with Crippen LogP contribution >= 0.6 is 34.5 Å². The first kappa shape index (κ1) is 14.2. The molecule has 6 heteroatoms. The first-order chi connectivity index (χ1) is 9.04. The number of halogens is 2. The van der Waals surface area contributed by atoms with E-state index in [0.29, 0.717) is 27.9 Å². The van der Waals surface area contributed by atoms with Crippen LogP contribution in [0.4, 0.5) is 5.69 Å².